The number of hydrogen-bond acceptors (Lipinski definition) is 3. The molecular formula is C19H18ClNO2. The summed E-state index contributed by atoms with van der Waals surface area (Å²) in [6.45, 7) is 2.13. The molecule has 0 amide bonds. The van der Waals surface area contributed by atoms with Crippen molar-refractivity contribution in [2.45, 2.75) is 13.3 Å². The van der Waals surface area contributed by atoms with E-state index >= 15 is 0 Å². The quantitative estimate of drug-likeness (QED) is 0.665. The van der Waals surface area contributed by atoms with Crippen molar-refractivity contribution < 1.29 is 9.47 Å². The van der Waals surface area contributed by atoms with E-state index in [2.05, 4.69) is 13.0 Å². The molecule has 3 nitrogen and oxygen atoms in total. The molecule has 0 aliphatic carbocycles. The zero-order valence-corrected chi connectivity index (χ0v) is 14.1. The van der Waals surface area contributed by atoms with E-state index in [1.54, 1.807) is 14.2 Å². The van der Waals surface area contributed by atoms with Crippen LogP contribution in [0.5, 0.6) is 11.5 Å². The van der Waals surface area contributed by atoms with Crippen LogP contribution in [-0.2, 0) is 6.42 Å². The summed E-state index contributed by atoms with van der Waals surface area (Å²) in [5.74, 6) is 1.51. The van der Waals surface area contributed by atoms with Gasteiger partial charge in [0.2, 0.25) is 0 Å². The van der Waals surface area contributed by atoms with Crippen molar-refractivity contribution in [3.8, 4) is 22.8 Å². The number of methoxy groups -OCH3 is 2. The van der Waals surface area contributed by atoms with Gasteiger partial charge in [-0.3, -0.25) is 0 Å². The highest BCUT2D eigenvalue weighted by molar-refractivity contribution is 6.32. The Morgan fingerprint density at radius 2 is 1.74 bits per heavy atom. The molecule has 0 atom stereocenters. The molecular weight excluding hydrogens is 310 g/mol. The predicted octanol–water partition coefficient (Wildman–Crippen LogP) is 5.13. The van der Waals surface area contributed by atoms with Crippen LogP contribution in [-0.4, -0.2) is 19.2 Å². The Balaban J connectivity index is 2.18. The summed E-state index contributed by atoms with van der Waals surface area (Å²) in [6, 6.07) is 13.8. The summed E-state index contributed by atoms with van der Waals surface area (Å²) >= 11 is 6.26. The molecule has 0 N–H and O–H groups in total. The maximum Gasteiger partial charge on any atom is 0.138 e. The number of benzene rings is 2. The fourth-order valence-corrected chi connectivity index (χ4v) is 2.89. The first-order valence-electron chi connectivity index (χ1n) is 7.48. The predicted molar refractivity (Wildman–Crippen MR) is 94.7 cm³/mol. The average Bonchev–Trinajstić information content (AvgIpc) is 2.60. The zero-order valence-electron chi connectivity index (χ0n) is 13.4. The molecule has 0 saturated heterocycles. The Morgan fingerprint density at radius 3 is 2.35 bits per heavy atom. The Bertz CT molecular complexity index is 844. The van der Waals surface area contributed by atoms with Gasteiger partial charge in [0, 0.05) is 10.9 Å². The van der Waals surface area contributed by atoms with Gasteiger partial charge < -0.3 is 9.47 Å². The minimum atomic E-state index is 0.571. The molecule has 118 valence electrons. The van der Waals surface area contributed by atoms with E-state index < -0.39 is 0 Å². The van der Waals surface area contributed by atoms with Crippen molar-refractivity contribution in [1.82, 2.24) is 4.98 Å². The summed E-state index contributed by atoms with van der Waals surface area (Å²) in [4.78, 5) is 4.76. The summed E-state index contributed by atoms with van der Waals surface area (Å²) in [5.41, 5.74) is 4.07. The minimum absolute atomic E-state index is 0.571. The van der Waals surface area contributed by atoms with E-state index in [-0.39, 0.29) is 0 Å². The van der Waals surface area contributed by atoms with Crippen molar-refractivity contribution >= 4 is 22.5 Å². The highest BCUT2D eigenvalue weighted by atomic mass is 35.5. The second-order valence-corrected chi connectivity index (χ2v) is 5.66. The van der Waals surface area contributed by atoms with Gasteiger partial charge in [0.1, 0.15) is 11.5 Å². The molecule has 0 radical (unpaired) electrons. The number of fused-ring (bicyclic) bond motifs is 1. The number of aromatic nitrogens is 1. The molecule has 3 rings (SSSR count). The number of rotatable bonds is 4. The van der Waals surface area contributed by atoms with E-state index in [1.165, 1.54) is 5.56 Å². The van der Waals surface area contributed by atoms with Crippen LogP contribution in [0.3, 0.4) is 0 Å². The van der Waals surface area contributed by atoms with E-state index in [0.29, 0.717) is 10.8 Å². The first kappa shape index (κ1) is 15.6. The largest absolute Gasteiger partial charge is 0.497 e. The van der Waals surface area contributed by atoms with E-state index in [4.69, 9.17) is 26.1 Å². The number of ether oxygens (including phenoxy) is 2. The molecule has 0 bridgehead atoms. The van der Waals surface area contributed by atoms with Crippen molar-refractivity contribution in [2.75, 3.05) is 14.2 Å². The molecule has 0 unspecified atom stereocenters. The lowest BCUT2D eigenvalue weighted by atomic mass is 10.0. The molecule has 1 heterocycles. The van der Waals surface area contributed by atoms with Crippen LogP contribution >= 0.6 is 11.6 Å². The van der Waals surface area contributed by atoms with Crippen LogP contribution < -0.4 is 9.47 Å². The first-order valence-corrected chi connectivity index (χ1v) is 7.85. The third kappa shape index (κ3) is 2.97. The molecule has 0 spiro atoms. The highest BCUT2D eigenvalue weighted by Crippen LogP contribution is 2.33. The van der Waals surface area contributed by atoms with Gasteiger partial charge in [-0.05, 0) is 54.4 Å². The van der Waals surface area contributed by atoms with Gasteiger partial charge in [-0.1, -0.05) is 18.5 Å². The number of nitrogens with zero attached hydrogens (tertiary/aromatic N) is 1. The molecule has 1 aromatic heterocycles. The Labute approximate surface area is 140 Å². The summed E-state index contributed by atoms with van der Waals surface area (Å²) in [7, 11) is 3.28. The Kier molecular flexibility index (Phi) is 4.39. The number of aryl methyl sites for hydroxylation is 1. The second-order valence-electron chi connectivity index (χ2n) is 5.25. The van der Waals surface area contributed by atoms with Crippen LogP contribution in [0.1, 0.15) is 12.5 Å². The van der Waals surface area contributed by atoms with Crippen LogP contribution in [0, 0.1) is 0 Å². The lowest BCUT2D eigenvalue weighted by Crippen LogP contribution is -1.94. The molecule has 0 fully saturated rings. The van der Waals surface area contributed by atoms with E-state index in [9.17, 15) is 0 Å². The van der Waals surface area contributed by atoms with Gasteiger partial charge in [-0.15, -0.1) is 0 Å². The van der Waals surface area contributed by atoms with Crippen molar-refractivity contribution in [3.63, 3.8) is 0 Å². The summed E-state index contributed by atoms with van der Waals surface area (Å²) < 4.78 is 10.5. The number of pyridine rings is 1. The van der Waals surface area contributed by atoms with Gasteiger partial charge in [-0.25, -0.2) is 4.98 Å². The molecule has 0 aliphatic rings. The van der Waals surface area contributed by atoms with Crippen LogP contribution in [0.15, 0.2) is 42.5 Å². The maximum atomic E-state index is 6.26. The lowest BCUT2D eigenvalue weighted by molar-refractivity contribution is 0.415. The summed E-state index contributed by atoms with van der Waals surface area (Å²) in [6.07, 6.45) is 0.910. The molecule has 3 aromatic rings. The Hall–Kier alpha value is -2.26. The van der Waals surface area contributed by atoms with Gasteiger partial charge in [0.25, 0.3) is 0 Å². The molecule has 2 aromatic carbocycles. The first-order chi connectivity index (χ1) is 11.2. The third-order valence-corrected chi connectivity index (χ3v) is 4.23. The van der Waals surface area contributed by atoms with Gasteiger partial charge in [-0.2, -0.15) is 0 Å². The molecule has 0 aliphatic heterocycles. The fourth-order valence-electron chi connectivity index (χ4n) is 2.66. The maximum absolute atomic E-state index is 6.26. The molecule has 23 heavy (non-hydrogen) atoms. The van der Waals surface area contributed by atoms with Crippen LogP contribution in [0.4, 0.5) is 0 Å². The Morgan fingerprint density at radius 1 is 1.00 bits per heavy atom. The van der Waals surface area contributed by atoms with E-state index in [0.717, 1.165) is 34.3 Å². The van der Waals surface area contributed by atoms with Crippen LogP contribution in [0.2, 0.25) is 5.02 Å². The highest BCUT2D eigenvalue weighted by Gasteiger charge is 2.11. The topological polar surface area (TPSA) is 31.4 Å². The number of hydrogen-bond donors (Lipinski definition) is 0. The van der Waals surface area contributed by atoms with Crippen molar-refractivity contribution in [3.05, 3.63) is 53.1 Å². The number of halogens is 1. The van der Waals surface area contributed by atoms with Gasteiger partial charge in [0.15, 0.2) is 0 Å². The monoisotopic (exact) mass is 327 g/mol. The minimum Gasteiger partial charge on any atom is -0.497 e. The average molecular weight is 328 g/mol. The second kappa shape index (κ2) is 6.47. The van der Waals surface area contributed by atoms with E-state index in [1.807, 2.05) is 36.4 Å². The normalized spacial score (nSPS) is 10.8. The molecule has 0 saturated carbocycles. The van der Waals surface area contributed by atoms with Gasteiger partial charge in [0.05, 0.1) is 30.5 Å². The SMILES string of the molecule is CCc1cc(-c2ccc(OC)cc2)nc2cc(Cl)c(OC)cc12. The smallest absolute Gasteiger partial charge is 0.138 e. The van der Waals surface area contributed by atoms with Gasteiger partial charge >= 0.3 is 0 Å². The fraction of sp³-hybridized carbons (Fsp3) is 0.211. The standard InChI is InChI=1S/C19H18ClNO2/c1-4-12-9-17(13-5-7-14(22-2)8-6-13)21-18-11-16(20)19(23-3)10-15(12)18/h5-11H,4H2,1-3H3. The van der Waals surface area contributed by atoms with Crippen molar-refractivity contribution in [1.29, 1.82) is 0 Å². The van der Waals surface area contributed by atoms with Crippen molar-refractivity contribution in [2.24, 2.45) is 0 Å². The molecule has 4 heteroatoms. The zero-order chi connectivity index (χ0) is 16.4. The lowest BCUT2D eigenvalue weighted by Gasteiger charge is -2.11. The summed E-state index contributed by atoms with van der Waals surface area (Å²) in [5, 5.41) is 1.65. The van der Waals surface area contributed by atoms with Crippen LogP contribution in [0.25, 0.3) is 22.2 Å². The third-order valence-electron chi connectivity index (χ3n) is 3.93.